The number of anilines is 1. The van der Waals surface area contributed by atoms with Crippen LogP contribution < -0.4 is 5.32 Å². The third-order valence-electron chi connectivity index (χ3n) is 2.30. The van der Waals surface area contributed by atoms with Gasteiger partial charge in [0.1, 0.15) is 5.75 Å². The van der Waals surface area contributed by atoms with Crippen molar-refractivity contribution in [2.24, 2.45) is 0 Å². The Morgan fingerprint density at radius 1 is 1.06 bits per heavy atom. The van der Waals surface area contributed by atoms with Gasteiger partial charge in [0.2, 0.25) is 0 Å². The maximum Gasteiger partial charge on any atom is 0.296 e. The van der Waals surface area contributed by atoms with E-state index in [1.165, 1.54) is 36.7 Å². The summed E-state index contributed by atoms with van der Waals surface area (Å²) in [7, 11) is 0. The molecule has 1 heterocycles. The van der Waals surface area contributed by atoms with Crippen LogP contribution in [0.15, 0.2) is 48.8 Å². The molecule has 90 valence electrons. The molecule has 1 aromatic carbocycles. The van der Waals surface area contributed by atoms with Crippen molar-refractivity contribution in [1.29, 1.82) is 0 Å². The normalized spacial score (nSPS) is 9.78. The molecule has 2 aromatic rings. The number of benzene rings is 1. The zero-order valence-corrected chi connectivity index (χ0v) is 9.33. The first-order valence-electron chi connectivity index (χ1n) is 5.22. The lowest BCUT2D eigenvalue weighted by atomic mass is 10.1. The summed E-state index contributed by atoms with van der Waals surface area (Å²) >= 11 is 0. The van der Waals surface area contributed by atoms with Crippen LogP contribution in [0.2, 0.25) is 0 Å². The molecule has 0 unspecified atom stereocenters. The highest BCUT2D eigenvalue weighted by Gasteiger charge is 2.16. The number of hydrogen-bond acceptors (Lipinski definition) is 4. The van der Waals surface area contributed by atoms with Gasteiger partial charge in [0.05, 0.1) is 5.69 Å². The Balaban J connectivity index is 2.14. The average Bonchev–Trinajstić information content (AvgIpc) is 2.41. The Kier molecular flexibility index (Phi) is 3.33. The van der Waals surface area contributed by atoms with Gasteiger partial charge in [-0.25, -0.2) is 0 Å². The summed E-state index contributed by atoms with van der Waals surface area (Å²) in [6.45, 7) is 0. The van der Waals surface area contributed by atoms with E-state index in [0.29, 0.717) is 0 Å². The summed E-state index contributed by atoms with van der Waals surface area (Å²) in [6.07, 6.45) is 2.86. The average molecular weight is 242 g/mol. The Morgan fingerprint density at radius 2 is 1.72 bits per heavy atom. The second kappa shape index (κ2) is 5.09. The van der Waals surface area contributed by atoms with Gasteiger partial charge in [-0.05, 0) is 24.3 Å². The second-order valence-corrected chi connectivity index (χ2v) is 3.54. The van der Waals surface area contributed by atoms with Crippen LogP contribution in [0, 0.1) is 0 Å². The molecule has 0 fully saturated rings. The van der Waals surface area contributed by atoms with Crippen LogP contribution in [0.1, 0.15) is 10.4 Å². The molecule has 1 amide bonds. The van der Waals surface area contributed by atoms with Crippen LogP contribution in [0.5, 0.6) is 5.75 Å². The summed E-state index contributed by atoms with van der Waals surface area (Å²) in [5.74, 6) is -1.57. The van der Waals surface area contributed by atoms with Gasteiger partial charge in [0.15, 0.2) is 0 Å². The van der Waals surface area contributed by atoms with Crippen LogP contribution in [0.3, 0.4) is 0 Å². The Bertz CT molecular complexity index is 582. The number of nitrogens with zero attached hydrogens (tertiary/aromatic N) is 1. The predicted octanol–water partition coefficient (Wildman–Crippen LogP) is 1.61. The summed E-state index contributed by atoms with van der Waals surface area (Å²) < 4.78 is 0. The molecule has 0 saturated carbocycles. The number of ketones is 1. The minimum absolute atomic E-state index is 0.0895. The van der Waals surface area contributed by atoms with Gasteiger partial charge in [0, 0.05) is 18.0 Å². The molecule has 0 saturated heterocycles. The van der Waals surface area contributed by atoms with Crippen molar-refractivity contribution in [2.75, 3.05) is 5.32 Å². The minimum atomic E-state index is -0.803. The summed E-state index contributed by atoms with van der Waals surface area (Å²) in [5, 5.41) is 11.8. The smallest absolute Gasteiger partial charge is 0.296 e. The molecule has 1 aromatic heterocycles. The number of pyridine rings is 1. The SMILES string of the molecule is O=C(Nc1ccccc1O)C(=O)c1ccncc1. The first kappa shape index (κ1) is 11.8. The zero-order chi connectivity index (χ0) is 13.0. The van der Waals surface area contributed by atoms with Crippen molar-refractivity contribution < 1.29 is 14.7 Å². The van der Waals surface area contributed by atoms with Crippen molar-refractivity contribution in [1.82, 2.24) is 4.98 Å². The lowest BCUT2D eigenvalue weighted by molar-refractivity contribution is -0.112. The second-order valence-electron chi connectivity index (χ2n) is 3.54. The molecule has 2 rings (SSSR count). The summed E-state index contributed by atoms with van der Waals surface area (Å²) in [4.78, 5) is 27.2. The van der Waals surface area contributed by atoms with E-state index >= 15 is 0 Å². The van der Waals surface area contributed by atoms with Gasteiger partial charge < -0.3 is 10.4 Å². The highest BCUT2D eigenvalue weighted by atomic mass is 16.3. The van der Waals surface area contributed by atoms with E-state index in [2.05, 4.69) is 10.3 Å². The number of carbonyl (C=O) groups excluding carboxylic acids is 2. The molecule has 0 spiro atoms. The molecule has 2 N–H and O–H groups in total. The van der Waals surface area contributed by atoms with E-state index in [9.17, 15) is 14.7 Å². The number of hydrogen-bond donors (Lipinski definition) is 2. The monoisotopic (exact) mass is 242 g/mol. The van der Waals surface area contributed by atoms with E-state index in [1.54, 1.807) is 12.1 Å². The van der Waals surface area contributed by atoms with E-state index in [1.807, 2.05) is 0 Å². The number of phenolic OH excluding ortho intramolecular Hbond substituents is 1. The Hall–Kier alpha value is -2.69. The molecular weight excluding hydrogens is 232 g/mol. The van der Waals surface area contributed by atoms with Crippen molar-refractivity contribution >= 4 is 17.4 Å². The van der Waals surface area contributed by atoms with Crippen molar-refractivity contribution in [3.05, 3.63) is 54.4 Å². The molecule has 0 radical (unpaired) electrons. The number of nitrogens with one attached hydrogen (secondary N) is 1. The van der Waals surface area contributed by atoms with Gasteiger partial charge in [-0.3, -0.25) is 14.6 Å². The van der Waals surface area contributed by atoms with E-state index in [0.717, 1.165) is 0 Å². The molecule has 0 aliphatic rings. The van der Waals surface area contributed by atoms with Gasteiger partial charge >= 0.3 is 0 Å². The summed E-state index contributed by atoms with van der Waals surface area (Å²) in [6, 6.07) is 9.10. The number of amides is 1. The Morgan fingerprint density at radius 3 is 2.39 bits per heavy atom. The number of aromatic hydroxyl groups is 1. The first-order valence-corrected chi connectivity index (χ1v) is 5.22. The third kappa shape index (κ3) is 2.52. The van der Waals surface area contributed by atoms with Crippen LogP contribution in [0.4, 0.5) is 5.69 Å². The van der Waals surface area contributed by atoms with Crippen LogP contribution >= 0.6 is 0 Å². The topological polar surface area (TPSA) is 79.3 Å². The molecule has 0 atom stereocenters. The summed E-state index contributed by atoms with van der Waals surface area (Å²) in [5.41, 5.74) is 0.447. The maximum atomic E-state index is 11.7. The van der Waals surface area contributed by atoms with Gasteiger partial charge in [-0.1, -0.05) is 12.1 Å². The van der Waals surface area contributed by atoms with Gasteiger partial charge in [-0.2, -0.15) is 0 Å². The molecule has 5 heteroatoms. The Labute approximate surface area is 103 Å². The predicted molar refractivity (Wildman–Crippen MR) is 65.3 cm³/mol. The van der Waals surface area contributed by atoms with Crippen LogP contribution in [-0.4, -0.2) is 21.8 Å². The highest BCUT2D eigenvalue weighted by molar-refractivity contribution is 6.46. The molecule has 18 heavy (non-hydrogen) atoms. The van der Waals surface area contributed by atoms with E-state index < -0.39 is 11.7 Å². The number of Topliss-reactive ketones (excluding diaryl/α,β-unsaturated/α-hetero) is 1. The van der Waals surface area contributed by atoms with Crippen LogP contribution in [0.25, 0.3) is 0 Å². The fourth-order valence-electron chi connectivity index (χ4n) is 1.39. The third-order valence-corrected chi connectivity index (χ3v) is 2.30. The number of carbonyl (C=O) groups is 2. The fraction of sp³-hybridized carbons (Fsp3) is 0. The largest absolute Gasteiger partial charge is 0.506 e. The van der Waals surface area contributed by atoms with Crippen LogP contribution in [-0.2, 0) is 4.79 Å². The standard InChI is InChI=1S/C13H10N2O3/c16-11-4-2-1-3-10(11)15-13(18)12(17)9-5-7-14-8-6-9/h1-8,16H,(H,15,18). The van der Waals surface area contributed by atoms with Gasteiger partial charge in [-0.15, -0.1) is 0 Å². The molecule has 5 nitrogen and oxygen atoms in total. The minimum Gasteiger partial charge on any atom is -0.506 e. The number of aromatic nitrogens is 1. The number of para-hydroxylation sites is 2. The quantitative estimate of drug-likeness (QED) is 0.487. The highest BCUT2D eigenvalue weighted by Crippen LogP contribution is 2.21. The van der Waals surface area contributed by atoms with Gasteiger partial charge in [0.25, 0.3) is 11.7 Å². The first-order chi connectivity index (χ1) is 8.68. The van der Waals surface area contributed by atoms with Crippen molar-refractivity contribution in [3.8, 4) is 5.75 Å². The lowest BCUT2D eigenvalue weighted by Gasteiger charge is -2.05. The fourth-order valence-corrected chi connectivity index (χ4v) is 1.39. The number of phenols is 1. The molecular formula is C13H10N2O3. The van der Waals surface area contributed by atoms with Crippen molar-refractivity contribution in [2.45, 2.75) is 0 Å². The molecule has 0 aliphatic heterocycles. The molecule has 0 bridgehead atoms. The zero-order valence-electron chi connectivity index (χ0n) is 9.33. The van der Waals surface area contributed by atoms with E-state index in [-0.39, 0.29) is 17.0 Å². The maximum absolute atomic E-state index is 11.7. The lowest BCUT2D eigenvalue weighted by Crippen LogP contribution is -2.22. The van der Waals surface area contributed by atoms with Crippen molar-refractivity contribution in [3.63, 3.8) is 0 Å². The number of rotatable bonds is 3. The van der Waals surface area contributed by atoms with E-state index in [4.69, 9.17) is 0 Å². The molecule has 0 aliphatic carbocycles.